The Kier molecular flexibility index (Phi) is 7.73. The molecule has 2 amide bonds. The Bertz CT molecular complexity index is 1090. The van der Waals surface area contributed by atoms with E-state index < -0.39 is 0 Å². The smallest absolute Gasteiger partial charge is 0.242 e. The molecule has 0 radical (unpaired) electrons. The fourth-order valence-electron chi connectivity index (χ4n) is 4.30. The number of carbonyl (C=O) groups excluding carboxylic acids is 2. The number of furan rings is 1. The zero-order chi connectivity index (χ0) is 24.1. The molecule has 6 nitrogen and oxygen atoms in total. The number of benzene rings is 1. The summed E-state index contributed by atoms with van der Waals surface area (Å²) >= 11 is 1.72. The van der Waals surface area contributed by atoms with Crippen molar-refractivity contribution in [1.29, 1.82) is 0 Å². The maximum atomic E-state index is 13.5. The molecule has 7 heteroatoms. The van der Waals surface area contributed by atoms with Crippen molar-refractivity contribution in [2.75, 3.05) is 19.7 Å². The molecule has 1 aliphatic rings. The van der Waals surface area contributed by atoms with Crippen LogP contribution in [-0.4, -0.2) is 41.3 Å². The summed E-state index contributed by atoms with van der Waals surface area (Å²) in [7, 11) is 0. The zero-order valence-electron chi connectivity index (χ0n) is 20.0. The second kappa shape index (κ2) is 10.9. The van der Waals surface area contributed by atoms with Gasteiger partial charge in [-0.2, -0.15) is 0 Å². The number of carbonyl (C=O) groups is 2. The molecule has 1 atom stereocenters. The molecule has 0 aliphatic carbocycles. The van der Waals surface area contributed by atoms with E-state index in [0.29, 0.717) is 31.3 Å². The van der Waals surface area contributed by atoms with Crippen LogP contribution in [0.15, 0.2) is 58.5 Å². The highest BCUT2D eigenvalue weighted by molar-refractivity contribution is 7.10. The van der Waals surface area contributed by atoms with Crippen LogP contribution >= 0.6 is 11.3 Å². The third-order valence-electron chi connectivity index (χ3n) is 6.28. The average Bonchev–Trinajstić information content (AvgIpc) is 3.53. The highest BCUT2D eigenvalue weighted by Crippen LogP contribution is 2.34. The molecule has 34 heavy (non-hydrogen) atoms. The molecule has 1 aliphatic heterocycles. The van der Waals surface area contributed by atoms with Gasteiger partial charge in [0.2, 0.25) is 11.8 Å². The lowest BCUT2D eigenvalue weighted by Crippen LogP contribution is -2.47. The van der Waals surface area contributed by atoms with Gasteiger partial charge >= 0.3 is 0 Å². The topological polar surface area (TPSA) is 63.0 Å². The Morgan fingerprint density at radius 1 is 1.21 bits per heavy atom. The number of ether oxygens (including phenoxy) is 1. The normalized spacial score (nSPS) is 15.3. The summed E-state index contributed by atoms with van der Waals surface area (Å²) in [6.07, 6.45) is 2.73. The van der Waals surface area contributed by atoms with Crippen LogP contribution in [0.4, 0.5) is 0 Å². The third-order valence-corrected chi connectivity index (χ3v) is 7.27. The van der Waals surface area contributed by atoms with Crippen molar-refractivity contribution in [2.45, 2.75) is 52.1 Å². The molecular weight excluding hydrogens is 448 g/mol. The van der Waals surface area contributed by atoms with Gasteiger partial charge in [-0.1, -0.05) is 32.9 Å². The number of amides is 2. The maximum Gasteiger partial charge on any atom is 0.242 e. The molecule has 4 rings (SSSR count). The Morgan fingerprint density at radius 2 is 2.00 bits per heavy atom. The lowest BCUT2D eigenvalue weighted by Gasteiger charge is -2.37. The molecule has 1 aromatic carbocycles. The van der Waals surface area contributed by atoms with Crippen molar-refractivity contribution >= 4 is 23.2 Å². The molecule has 0 fully saturated rings. The van der Waals surface area contributed by atoms with Gasteiger partial charge in [-0.15, -0.1) is 11.3 Å². The summed E-state index contributed by atoms with van der Waals surface area (Å²) in [6.45, 7) is 7.42. The minimum atomic E-state index is -0.186. The molecule has 2 aromatic heterocycles. The first-order chi connectivity index (χ1) is 16.5. The minimum absolute atomic E-state index is 0.0203. The minimum Gasteiger partial charge on any atom is -0.491 e. The quantitative estimate of drug-likeness (QED) is 0.411. The first-order valence-electron chi connectivity index (χ1n) is 11.8. The molecule has 180 valence electrons. The lowest BCUT2D eigenvalue weighted by atomic mass is 10.00. The molecule has 3 heterocycles. The highest BCUT2D eigenvalue weighted by atomic mass is 32.1. The van der Waals surface area contributed by atoms with Gasteiger partial charge in [0.25, 0.3) is 0 Å². The molecule has 0 spiro atoms. The fourth-order valence-corrected chi connectivity index (χ4v) is 5.23. The standard InChI is InChI=1S/C27H32N2O4S/c1-4-26(30)28(16-22-6-5-14-32-22)17-27(31)29-13-11-25-23(12-15-34-25)24(29)18-33-21-9-7-20(8-10-21)19(2)3/h5-10,12,14-15,19,24H,4,11,13,16-18H2,1-3H3/t24-/m1/s1. The van der Waals surface area contributed by atoms with Crippen LogP contribution in [0.1, 0.15) is 60.9 Å². The van der Waals surface area contributed by atoms with Gasteiger partial charge in [0.1, 0.15) is 24.7 Å². The first kappa shape index (κ1) is 24.1. The fraction of sp³-hybridized carbons (Fsp3) is 0.407. The largest absolute Gasteiger partial charge is 0.491 e. The van der Waals surface area contributed by atoms with E-state index in [9.17, 15) is 9.59 Å². The molecule has 0 bridgehead atoms. The predicted molar refractivity (Wildman–Crippen MR) is 133 cm³/mol. The number of fused-ring (bicyclic) bond motifs is 1. The van der Waals surface area contributed by atoms with E-state index in [2.05, 4.69) is 37.4 Å². The van der Waals surface area contributed by atoms with Crippen LogP contribution in [0.5, 0.6) is 5.75 Å². The summed E-state index contributed by atoms with van der Waals surface area (Å²) in [6, 6.07) is 13.7. The molecule has 0 saturated heterocycles. The van der Waals surface area contributed by atoms with Crippen molar-refractivity contribution in [3.63, 3.8) is 0 Å². The number of hydrogen-bond acceptors (Lipinski definition) is 5. The summed E-state index contributed by atoms with van der Waals surface area (Å²) in [5.41, 5.74) is 2.40. The van der Waals surface area contributed by atoms with E-state index in [0.717, 1.165) is 17.7 Å². The van der Waals surface area contributed by atoms with Gasteiger partial charge in [-0.05, 0) is 59.2 Å². The van der Waals surface area contributed by atoms with Gasteiger partial charge in [0.15, 0.2) is 0 Å². The number of hydrogen-bond donors (Lipinski definition) is 0. The van der Waals surface area contributed by atoms with Gasteiger partial charge in [0.05, 0.1) is 18.8 Å². The van der Waals surface area contributed by atoms with Crippen LogP contribution in [-0.2, 0) is 22.6 Å². The van der Waals surface area contributed by atoms with E-state index in [-0.39, 0.29) is 30.9 Å². The lowest BCUT2D eigenvalue weighted by molar-refractivity contribution is -0.143. The monoisotopic (exact) mass is 480 g/mol. The summed E-state index contributed by atoms with van der Waals surface area (Å²) in [4.78, 5) is 30.8. The van der Waals surface area contributed by atoms with Gasteiger partial charge < -0.3 is 19.0 Å². The molecule has 0 N–H and O–H groups in total. The predicted octanol–water partition coefficient (Wildman–Crippen LogP) is 5.41. The zero-order valence-corrected chi connectivity index (χ0v) is 20.8. The van der Waals surface area contributed by atoms with Crippen molar-refractivity contribution in [1.82, 2.24) is 9.80 Å². The number of thiophene rings is 1. The molecule has 0 saturated carbocycles. The Labute approximate surface area is 205 Å². The average molecular weight is 481 g/mol. The van der Waals surface area contributed by atoms with E-state index in [1.165, 1.54) is 10.4 Å². The molecule has 3 aromatic rings. The van der Waals surface area contributed by atoms with Gasteiger partial charge in [0, 0.05) is 17.8 Å². The molecule has 0 unspecified atom stereocenters. The van der Waals surface area contributed by atoms with Gasteiger partial charge in [-0.25, -0.2) is 0 Å². The number of rotatable bonds is 9. The van der Waals surface area contributed by atoms with E-state index >= 15 is 0 Å². The molecular formula is C27H32N2O4S. The van der Waals surface area contributed by atoms with Crippen molar-refractivity contribution in [2.24, 2.45) is 0 Å². The third kappa shape index (κ3) is 5.53. The first-order valence-corrected chi connectivity index (χ1v) is 12.7. The Morgan fingerprint density at radius 3 is 2.68 bits per heavy atom. The second-order valence-corrected chi connectivity index (χ2v) is 9.87. The number of nitrogens with zero attached hydrogens (tertiary/aromatic N) is 2. The second-order valence-electron chi connectivity index (χ2n) is 8.87. The van der Waals surface area contributed by atoms with Crippen LogP contribution in [0.25, 0.3) is 0 Å². The van der Waals surface area contributed by atoms with E-state index in [1.807, 2.05) is 30.0 Å². The van der Waals surface area contributed by atoms with Crippen LogP contribution < -0.4 is 4.74 Å². The Balaban J connectivity index is 1.49. The van der Waals surface area contributed by atoms with Gasteiger partial charge in [-0.3, -0.25) is 9.59 Å². The highest BCUT2D eigenvalue weighted by Gasteiger charge is 2.33. The van der Waals surface area contributed by atoms with Crippen LogP contribution in [0.3, 0.4) is 0 Å². The van der Waals surface area contributed by atoms with Crippen molar-refractivity contribution in [3.05, 3.63) is 75.9 Å². The maximum absolute atomic E-state index is 13.5. The van der Waals surface area contributed by atoms with Crippen molar-refractivity contribution in [3.8, 4) is 5.75 Å². The summed E-state index contributed by atoms with van der Waals surface area (Å²) in [5, 5.41) is 2.08. The van der Waals surface area contributed by atoms with Crippen LogP contribution in [0, 0.1) is 0 Å². The summed E-state index contributed by atoms with van der Waals surface area (Å²) < 4.78 is 11.6. The SMILES string of the molecule is CCC(=O)N(CC(=O)N1CCc2sccc2[C@H]1COc1ccc(C(C)C)cc1)Cc1ccco1. The van der Waals surface area contributed by atoms with Crippen LogP contribution in [0.2, 0.25) is 0 Å². The Hall–Kier alpha value is -3.06. The van der Waals surface area contributed by atoms with Crippen molar-refractivity contribution < 1.29 is 18.7 Å². The van der Waals surface area contributed by atoms with E-state index in [4.69, 9.17) is 9.15 Å². The summed E-state index contributed by atoms with van der Waals surface area (Å²) in [5.74, 6) is 1.77. The van der Waals surface area contributed by atoms with E-state index in [1.54, 1.807) is 28.6 Å².